The van der Waals surface area contributed by atoms with Crippen LogP contribution in [0.3, 0.4) is 0 Å². The lowest BCUT2D eigenvalue weighted by atomic mass is 10.1. The van der Waals surface area contributed by atoms with Crippen molar-refractivity contribution in [2.24, 2.45) is 0 Å². The van der Waals surface area contributed by atoms with Gasteiger partial charge in [0.1, 0.15) is 13.2 Å². The Morgan fingerprint density at radius 3 is 0.744 bits per heavy atom. The summed E-state index contributed by atoms with van der Waals surface area (Å²) in [5.74, 6) is -0.913. The molecule has 6 nitrogen and oxygen atoms in total. The maximum atomic E-state index is 12.9. The molecule has 0 spiro atoms. The summed E-state index contributed by atoms with van der Waals surface area (Å²) in [6, 6.07) is 0. The van der Waals surface area contributed by atoms with Crippen LogP contribution in [0.4, 0.5) is 0 Å². The van der Waals surface area contributed by atoms with Crippen molar-refractivity contribution in [3.05, 3.63) is 158 Å². The molecule has 0 radical (unpaired) electrons. The summed E-state index contributed by atoms with van der Waals surface area (Å²) in [6.45, 7) is 6.34. The number of hydrogen-bond acceptors (Lipinski definition) is 6. The van der Waals surface area contributed by atoms with Crippen LogP contribution in [-0.4, -0.2) is 37.2 Å². The third-order valence-corrected chi connectivity index (χ3v) is 13.8. The molecule has 0 aromatic rings. The van der Waals surface area contributed by atoms with Gasteiger partial charge >= 0.3 is 17.9 Å². The minimum absolute atomic E-state index is 0.0873. The van der Waals surface area contributed by atoms with Crippen LogP contribution in [-0.2, 0) is 28.6 Å². The summed E-state index contributed by atoms with van der Waals surface area (Å²) in [7, 11) is 0. The van der Waals surface area contributed by atoms with E-state index in [1.54, 1.807) is 0 Å². The Hall–Kier alpha value is -4.97. The van der Waals surface area contributed by atoms with Gasteiger partial charge in [-0.1, -0.05) is 294 Å². The monoisotopic (exact) mass is 1130 g/mol. The number of unbranched alkanes of at least 4 members (excludes halogenated alkanes) is 22. The summed E-state index contributed by atoms with van der Waals surface area (Å²) >= 11 is 0. The maximum absolute atomic E-state index is 12.9. The summed E-state index contributed by atoms with van der Waals surface area (Å²) in [5, 5.41) is 0. The zero-order valence-corrected chi connectivity index (χ0v) is 52.9. The number of carbonyl (C=O) groups is 3. The number of allylic oxidation sites excluding steroid dienone is 26. The molecule has 0 aromatic carbocycles. The minimum atomic E-state index is -0.789. The Morgan fingerprint density at radius 2 is 0.476 bits per heavy atom. The van der Waals surface area contributed by atoms with Crippen LogP contribution in [0.5, 0.6) is 0 Å². The molecule has 0 amide bonds. The molecule has 0 aliphatic carbocycles. The standard InChI is InChI=1S/C76H122O6/c1-4-7-10-13-16-18-20-22-24-26-28-30-32-34-35-36-37-38-39-40-41-43-44-46-48-50-52-54-56-58-60-63-66-69-75(78)81-72-73(71-80-74(77)68-65-62-15-12-9-6-3)82-76(79)70-67-64-61-59-57-55-53-51-49-47-45-42-33-31-29-27-25-23-21-19-17-14-11-8-5-2/h7-8,10-11,16-19,22-25,28-31,34-35,37-38,40-42,44-46,73H,4-6,9,12-15,20-21,26-27,32-33,36,39,43,47-72H2,1-3H3/b10-7-,11-8-,18-16-,19-17-,24-22-,25-23-,30-28-,31-29-,35-34-,38-37-,41-40-,45-42-,46-44-. The van der Waals surface area contributed by atoms with Crippen molar-refractivity contribution >= 4 is 17.9 Å². The fraction of sp³-hybridized carbons (Fsp3) is 0.618. The molecule has 0 bridgehead atoms. The Morgan fingerprint density at radius 1 is 0.256 bits per heavy atom. The minimum Gasteiger partial charge on any atom is -0.462 e. The SMILES string of the molecule is CC/C=C\C/C=C\C/C=C\C/C=C\C/C=C\C/C=C\C/C=C\C/C=C\CCCCCCCCCCC(=O)OCC(COC(=O)CCCCCCCC)OC(=O)CCCCCCCCCCC/C=C\C/C=C\C/C=C\C/C=C\C/C=C\CC. The molecule has 0 aromatic heterocycles. The van der Waals surface area contributed by atoms with E-state index in [0.29, 0.717) is 19.3 Å². The summed E-state index contributed by atoms with van der Waals surface area (Å²) in [6.07, 6.45) is 100. The molecule has 0 saturated carbocycles. The first-order valence-corrected chi connectivity index (χ1v) is 33.5. The van der Waals surface area contributed by atoms with Gasteiger partial charge in [-0.05, 0) is 128 Å². The molecule has 6 heteroatoms. The van der Waals surface area contributed by atoms with E-state index in [1.807, 2.05) is 0 Å². The Bertz CT molecular complexity index is 1830. The predicted octanol–water partition coefficient (Wildman–Crippen LogP) is 23.3. The van der Waals surface area contributed by atoms with Crippen molar-refractivity contribution < 1.29 is 28.6 Å². The van der Waals surface area contributed by atoms with E-state index < -0.39 is 6.10 Å². The van der Waals surface area contributed by atoms with Crippen molar-refractivity contribution in [3.63, 3.8) is 0 Å². The van der Waals surface area contributed by atoms with Gasteiger partial charge in [-0.15, -0.1) is 0 Å². The zero-order chi connectivity index (χ0) is 59.2. The molecule has 0 fully saturated rings. The highest BCUT2D eigenvalue weighted by atomic mass is 16.6. The average Bonchev–Trinajstić information content (AvgIpc) is 3.47. The number of hydrogen-bond donors (Lipinski definition) is 0. The number of rotatable bonds is 59. The highest BCUT2D eigenvalue weighted by Gasteiger charge is 2.19. The van der Waals surface area contributed by atoms with Crippen molar-refractivity contribution in [2.45, 2.75) is 290 Å². The van der Waals surface area contributed by atoms with Crippen LogP contribution in [0, 0.1) is 0 Å². The third-order valence-electron chi connectivity index (χ3n) is 13.8. The zero-order valence-electron chi connectivity index (χ0n) is 52.9. The predicted molar refractivity (Wildman–Crippen MR) is 357 cm³/mol. The van der Waals surface area contributed by atoms with E-state index in [1.165, 1.54) is 89.9 Å². The lowest BCUT2D eigenvalue weighted by molar-refractivity contribution is -0.167. The summed E-state index contributed by atoms with van der Waals surface area (Å²) < 4.78 is 16.8. The fourth-order valence-electron chi connectivity index (χ4n) is 8.84. The molecule has 462 valence electrons. The summed E-state index contributed by atoms with van der Waals surface area (Å²) in [5.41, 5.74) is 0. The van der Waals surface area contributed by atoms with Gasteiger partial charge in [0.25, 0.3) is 0 Å². The van der Waals surface area contributed by atoms with E-state index in [9.17, 15) is 14.4 Å². The van der Waals surface area contributed by atoms with Gasteiger partial charge in [0.05, 0.1) is 0 Å². The maximum Gasteiger partial charge on any atom is 0.306 e. The topological polar surface area (TPSA) is 78.9 Å². The third kappa shape index (κ3) is 65.8. The van der Waals surface area contributed by atoms with Gasteiger partial charge in [0.15, 0.2) is 6.10 Å². The number of carbonyl (C=O) groups excluding carboxylic acids is 3. The van der Waals surface area contributed by atoms with Crippen LogP contribution in [0.15, 0.2) is 158 Å². The van der Waals surface area contributed by atoms with Gasteiger partial charge in [-0.3, -0.25) is 14.4 Å². The lowest BCUT2D eigenvalue weighted by Gasteiger charge is -2.18. The largest absolute Gasteiger partial charge is 0.462 e. The molecule has 82 heavy (non-hydrogen) atoms. The molecular formula is C76H122O6. The van der Waals surface area contributed by atoms with E-state index in [0.717, 1.165) is 154 Å². The second-order valence-corrected chi connectivity index (χ2v) is 21.6. The van der Waals surface area contributed by atoms with Crippen molar-refractivity contribution in [3.8, 4) is 0 Å². The normalized spacial score (nSPS) is 13.2. The molecular weight excluding hydrogens is 1010 g/mol. The van der Waals surface area contributed by atoms with E-state index in [2.05, 4.69) is 179 Å². The first kappa shape index (κ1) is 77.0. The second-order valence-electron chi connectivity index (χ2n) is 21.6. The highest BCUT2D eigenvalue weighted by molar-refractivity contribution is 5.71. The first-order valence-electron chi connectivity index (χ1n) is 33.5. The van der Waals surface area contributed by atoms with Crippen LogP contribution in [0.1, 0.15) is 284 Å². The fourth-order valence-corrected chi connectivity index (χ4v) is 8.84. The second kappa shape index (κ2) is 68.5. The number of esters is 3. The lowest BCUT2D eigenvalue weighted by Crippen LogP contribution is -2.30. The van der Waals surface area contributed by atoms with Crippen LogP contribution in [0.25, 0.3) is 0 Å². The van der Waals surface area contributed by atoms with Crippen LogP contribution in [0.2, 0.25) is 0 Å². The van der Waals surface area contributed by atoms with E-state index >= 15 is 0 Å². The first-order chi connectivity index (χ1) is 40.5. The summed E-state index contributed by atoms with van der Waals surface area (Å²) in [4.78, 5) is 38.1. The average molecular weight is 1130 g/mol. The molecule has 1 atom stereocenters. The molecule has 1 unspecified atom stereocenters. The van der Waals surface area contributed by atoms with Crippen LogP contribution < -0.4 is 0 Å². The van der Waals surface area contributed by atoms with Gasteiger partial charge in [0.2, 0.25) is 0 Å². The quantitative estimate of drug-likeness (QED) is 0.0261. The molecule has 0 aliphatic rings. The molecule has 0 N–H and O–H groups in total. The smallest absolute Gasteiger partial charge is 0.306 e. The molecule has 0 rings (SSSR count). The molecule has 0 aliphatic heterocycles. The van der Waals surface area contributed by atoms with Gasteiger partial charge < -0.3 is 14.2 Å². The Balaban J connectivity index is 4.14. The van der Waals surface area contributed by atoms with Gasteiger partial charge in [-0.25, -0.2) is 0 Å². The van der Waals surface area contributed by atoms with E-state index in [4.69, 9.17) is 14.2 Å². The molecule has 0 heterocycles. The number of ether oxygens (including phenoxy) is 3. The highest BCUT2D eigenvalue weighted by Crippen LogP contribution is 2.15. The van der Waals surface area contributed by atoms with Crippen molar-refractivity contribution in [2.75, 3.05) is 13.2 Å². The van der Waals surface area contributed by atoms with Gasteiger partial charge in [0, 0.05) is 19.3 Å². The Kier molecular flexibility index (Phi) is 64.4. The van der Waals surface area contributed by atoms with Crippen molar-refractivity contribution in [1.29, 1.82) is 0 Å². The van der Waals surface area contributed by atoms with Crippen LogP contribution >= 0.6 is 0 Å². The van der Waals surface area contributed by atoms with Crippen molar-refractivity contribution in [1.82, 2.24) is 0 Å². The van der Waals surface area contributed by atoms with E-state index in [-0.39, 0.29) is 31.1 Å². The Labute approximate surface area is 505 Å². The molecule has 0 saturated heterocycles. The van der Waals surface area contributed by atoms with Gasteiger partial charge in [-0.2, -0.15) is 0 Å².